The van der Waals surface area contributed by atoms with Crippen LogP contribution in [0, 0.1) is 11.6 Å². The number of aromatic nitrogens is 2. The van der Waals surface area contributed by atoms with Gasteiger partial charge in [0.2, 0.25) is 5.91 Å². The first kappa shape index (κ1) is 25.4. The summed E-state index contributed by atoms with van der Waals surface area (Å²) in [6, 6.07) is 9.27. The van der Waals surface area contributed by atoms with E-state index < -0.39 is 17.5 Å². The van der Waals surface area contributed by atoms with Gasteiger partial charge in [-0.15, -0.1) is 0 Å². The highest BCUT2D eigenvalue weighted by Crippen LogP contribution is 2.28. The molecule has 38 heavy (non-hydrogen) atoms. The zero-order chi connectivity index (χ0) is 26.5. The van der Waals surface area contributed by atoms with Crippen molar-refractivity contribution in [1.82, 2.24) is 25.3 Å². The molecule has 0 atom stereocenters. The summed E-state index contributed by atoms with van der Waals surface area (Å²) in [4.78, 5) is 22.6. The number of nitrogens with zero attached hydrogens (tertiary/aromatic N) is 5. The molecule has 1 fully saturated rings. The highest BCUT2D eigenvalue weighted by atomic mass is 19.2. The fraction of sp³-hybridized carbons (Fsp3) is 0.320. The number of carbonyl (C=O) groups is 1. The van der Waals surface area contributed by atoms with Crippen LogP contribution in [0.15, 0.2) is 54.7 Å². The lowest BCUT2D eigenvalue weighted by Gasteiger charge is -2.29. The van der Waals surface area contributed by atoms with Crippen molar-refractivity contribution in [2.45, 2.75) is 6.42 Å². The van der Waals surface area contributed by atoms with E-state index in [2.05, 4.69) is 25.6 Å². The summed E-state index contributed by atoms with van der Waals surface area (Å²) in [6.07, 6.45) is 3.82. The van der Waals surface area contributed by atoms with E-state index in [9.17, 15) is 13.6 Å². The van der Waals surface area contributed by atoms with Gasteiger partial charge in [-0.2, -0.15) is 5.12 Å². The van der Waals surface area contributed by atoms with Gasteiger partial charge in [-0.1, -0.05) is 6.07 Å². The second-order valence-corrected chi connectivity index (χ2v) is 8.79. The smallest absolute Gasteiger partial charge is 0.239 e. The molecule has 2 aliphatic rings. The quantitative estimate of drug-likeness (QED) is 0.338. The van der Waals surface area contributed by atoms with E-state index in [4.69, 9.17) is 15.2 Å². The second-order valence-electron chi connectivity index (χ2n) is 8.79. The highest BCUT2D eigenvalue weighted by molar-refractivity contribution is 5.90. The lowest BCUT2D eigenvalue weighted by molar-refractivity contribution is -0.118. The zero-order valence-electron chi connectivity index (χ0n) is 20.6. The van der Waals surface area contributed by atoms with E-state index in [-0.39, 0.29) is 12.2 Å². The number of halogens is 2. The molecule has 0 radical (unpaired) electrons. The van der Waals surface area contributed by atoms with Gasteiger partial charge in [0.1, 0.15) is 35.9 Å². The first-order chi connectivity index (χ1) is 18.5. The van der Waals surface area contributed by atoms with Gasteiger partial charge in [0.25, 0.3) is 0 Å². The van der Waals surface area contributed by atoms with Crippen molar-refractivity contribution >= 4 is 28.3 Å². The SMILES string of the molecule is NC(=O)CN1C=C(Nc2ncnc3cc(OCCCN4CCOCC4)ccc23)NN1c1cccc(F)c1F. The molecule has 200 valence electrons. The van der Waals surface area contributed by atoms with Gasteiger partial charge in [-0.25, -0.2) is 18.7 Å². The number of hydrogen-bond acceptors (Lipinski definition) is 10. The van der Waals surface area contributed by atoms with Gasteiger partial charge < -0.3 is 20.5 Å². The van der Waals surface area contributed by atoms with Gasteiger partial charge in [0, 0.05) is 31.1 Å². The van der Waals surface area contributed by atoms with E-state index in [0.29, 0.717) is 34.9 Å². The molecule has 0 spiro atoms. The first-order valence-corrected chi connectivity index (χ1v) is 12.2. The fourth-order valence-electron chi connectivity index (χ4n) is 4.26. The van der Waals surface area contributed by atoms with Gasteiger partial charge in [0.05, 0.1) is 31.5 Å². The average Bonchev–Trinajstić information content (AvgIpc) is 3.30. The normalized spacial score (nSPS) is 15.9. The van der Waals surface area contributed by atoms with Gasteiger partial charge in [0.15, 0.2) is 11.6 Å². The first-order valence-electron chi connectivity index (χ1n) is 12.2. The molecule has 4 N–H and O–H groups in total. The summed E-state index contributed by atoms with van der Waals surface area (Å²) in [5.74, 6) is -1.23. The molecule has 0 unspecified atom stereocenters. The number of benzene rings is 2. The van der Waals surface area contributed by atoms with Crippen LogP contribution >= 0.6 is 0 Å². The molecule has 3 aromatic rings. The molecular formula is C25H28F2N8O3. The number of carbonyl (C=O) groups excluding carboxylic acids is 1. The largest absolute Gasteiger partial charge is 0.493 e. The minimum atomic E-state index is -1.07. The maximum Gasteiger partial charge on any atom is 0.239 e. The van der Waals surface area contributed by atoms with E-state index in [1.54, 1.807) is 0 Å². The van der Waals surface area contributed by atoms with Crippen LogP contribution in [0.25, 0.3) is 10.9 Å². The molecule has 13 heteroatoms. The van der Waals surface area contributed by atoms with Crippen molar-refractivity contribution in [3.8, 4) is 5.75 Å². The van der Waals surface area contributed by atoms with Gasteiger partial charge in [-0.3, -0.25) is 20.1 Å². The molecule has 1 aromatic heterocycles. The topological polar surface area (TPSA) is 121 Å². The molecule has 2 aromatic carbocycles. The van der Waals surface area contributed by atoms with Crippen LogP contribution in [0.2, 0.25) is 0 Å². The van der Waals surface area contributed by atoms with Crippen LogP contribution in [-0.2, 0) is 9.53 Å². The molecular weight excluding hydrogens is 498 g/mol. The third-order valence-corrected chi connectivity index (χ3v) is 6.09. The van der Waals surface area contributed by atoms with Crippen molar-refractivity contribution in [3.05, 3.63) is 66.4 Å². The molecule has 11 nitrogen and oxygen atoms in total. The van der Waals surface area contributed by atoms with Crippen LogP contribution in [0.1, 0.15) is 6.42 Å². The highest BCUT2D eigenvalue weighted by Gasteiger charge is 2.27. The summed E-state index contributed by atoms with van der Waals surface area (Å²) in [5.41, 5.74) is 8.81. The van der Waals surface area contributed by atoms with Crippen LogP contribution in [0.4, 0.5) is 20.3 Å². The number of amides is 1. The number of hydrogen-bond donors (Lipinski definition) is 3. The number of primary amides is 1. The Morgan fingerprint density at radius 2 is 2.03 bits per heavy atom. The van der Waals surface area contributed by atoms with Gasteiger partial charge in [-0.05, 0) is 30.7 Å². The Morgan fingerprint density at radius 3 is 2.84 bits per heavy atom. The second kappa shape index (κ2) is 11.4. The molecule has 0 saturated carbocycles. The van der Waals surface area contributed by atoms with Crippen molar-refractivity contribution < 1.29 is 23.0 Å². The maximum absolute atomic E-state index is 14.5. The molecule has 1 amide bonds. The van der Waals surface area contributed by atoms with Crippen LogP contribution < -0.4 is 26.3 Å². The molecule has 0 bridgehead atoms. The Labute approximate surface area is 217 Å². The number of rotatable bonds is 10. The minimum absolute atomic E-state index is 0.123. The summed E-state index contributed by atoms with van der Waals surface area (Å²) < 4.78 is 39.6. The number of morpholine rings is 1. The Bertz CT molecular complexity index is 1340. The molecule has 0 aliphatic carbocycles. The lowest BCUT2D eigenvalue weighted by atomic mass is 10.2. The number of nitrogens with two attached hydrogens (primary N) is 1. The van der Waals surface area contributed by atoms with Crippen molar-refractivity contribution in [2.75, 3.05) is 56.4 Å². The predicted molar refractivity (Wildman–Crippen MR) is 136 cm³/mol. The van der Waals surface area contributed by atoms with Crippen molar-refractivity contribution in [3.63, 3.8) is 0 Å². The number of hydrazine groups is 2. The van der Waals surface area contributed by atoms with Crippen LogP contribution in [0.3, 0.4) is 0 Å². The number of nitrogens with one attached hydrogen (secondary N) is 2. The summed E-state index contributed by atoms with van der Waals surface area (Å²) in [6.45, 7) is 4.71. The Hall–Kier alpha value is -4.23. The molecule has 1 saturated heterocycles. The third-order valence-electron chi connectivity index (χ3n) is 6.09. The molecule has 3 heterocycles. The molecule has 5 rings (SSSR count). The average molecular weight is 527 g/mol. The Morgan fingerprint density at radius 1 is 1.18 bits per heavy atom. The van der Waals surface area contributed by atoms with E-state index in [1.165, 1.54) is 34.8 Å². The Balaban J connectivity index is 1.27. The van der Waals surface area contributed by atoms with Crippen LogP contribution in [-0.4, -0.2) is 71.8 Å². The van der Waals surface area contributed by atoms with E-state index in [0.717, 1.165) is 45.3 Å². The third kappa shape index (κ3) is 5.84. The maximum atomic E-state index is 14.5. The number of anilines is 2. The fourth-order valence-corrected chi connectivity index (χ4v) is 4.26. The summed E-state index contributed by atoms with van der Waals surface area (Å²) in [7, 11) is 0. The Kier molecular flexibility index (Phi) is 7.65. The van der Waals surface area contributed by atoms with Crippen LogP contribution in [0.5, 0.6) is 5.75 Å². The van der Waals surface area contributed by atoms with E-state index >= 15 is 0 Å². The monoisotopic (exact) mass is 526 g/mol. The van der Waals surface area contributed by atoms with Gasteiger partial charge >= 0.3 is 0 Å². The minimum Gasteiger partial charge on any atom is -0.493 e. The lowest BCUT2D eigenvalue weighted by Crippen LogP contribution is -2.47. The summed E-state index contributed by atoms with van der Waals surface area (Å²) in [5, 5.41) is 6.36. The standard InChI is InChI=1S/C25H28F2N8O3/c26-19-3-1-4-21(24(19)27)35-32-23(15-34(35)14-22(28)36)31-25-18-6-5-17(13-20(18)29-16-30-25)38-10-2-7-33-8-11-37-12-9-33/h1,3-6,13,15-16,32H,2,7-12,14H2,(H2,28,36)(H,29,30,31). The summed E-state index contributed by atoms with van der Waals surface area (Å²) >= 11 is 0. The number of fused-ring (bicyclic) bond motifs is 1. The van der Waals surface area contributed by atoms with E-state index in [1.807, 2.05) is 18.2 Å². The molecule has 2 aliphatic heterocycles. The zero-order valence-corrected chi connectivity index (χ0v) is 20.6. The van der Waals surface area contributed by atoms with Crippen molar-refractivity contribution in [2.24, 2.45) is 5.73 Å². The van der Waals surface area contributed by atoms with Crippen molar-refractivity contribution in [1.29, 1.82) is 0 Å². The number of ether oxygens (including phenoxy) is 2. The predicted octanol–water partition coefficient (Wildman–Crippen LogP) is 1.95.